The molecule has 0 rings (SSSR count). The highest BCUT2D eigenvalue weighted by atomic mass is 16.4. The fourth-order valence-corrected chi connectivity index (χ4v) is 0.158. The van der Waals surface area contributed by atoms with Crippen molar-refractivity contribution in [3.63, 3.8) is 0 Å². The summed E-state index contributed by atoms with van der Waals surface area (Å²) in [6.07, 6.45) is 0. The topological polar surface area (TPSA) is 114 Å². The van der Waals surface area contributed by atoms with E-state index in [0.29, 0.717) is 0 Å². The molecule has 0 unspecified atom stereocenters. The van der Waals surface area contributed by atoms with Gasteiger partial charge in [-0.1, -0.05) is 0 Å². The monoisotopic (exact) mass is 174 g/mol. The molecule has 6 heteroatoms. The van der Waals surface area contributed by atoms with Crippen molar-refractivity contribution in [2.24, 2.45) is 21.7 Å². The number of hydrogen-bond acceptors (Lipinski definition) is 3. The molecule has 0 saturated heterocycles. The summed E-state index contributed by atoms with van der Waals surface area (Å²) in [6.45, 7) is 4.71. The molecular weight excluding hydrogens is 160 g/mol. The van der Waals surface area contributed by atoms with Crippen LogP contribution in [0.2, 0.25) is 0 Å². The predicted molar refractivity (Wildman–Crippen MR) is 47.9 cm³/mol. The van der Waals surface area contributed by atoms with Gasteiger partial charge in [0, 0.05) is 12.6 Å². The van der Waals surface area contributed by atoms with Gasteiger partial charge in [0.25, 0.3) is 5.97 Å². The lowest BCUT2D eigenvalue weighted by atomic mass is 10.5. The Balaban J connectivity index is 0. The van der Waals surface area contributed by atoms with Crippen molar-refractivity contribution in [3.8, 4) is 0 Å². The van der Waals surface area contributed by atoms with Crippen molar-refractivity contribution in [2.75, 3.05) is 0 Å². The van der Waals surface area contributed by atoms with Crippen molar-refractivity contribution in [1.29, 1.82) is 0 Å². The summed E-state index contributed by atoms with van der Waals surface area (Å²) in [7, 11) is 0. The zero-order chi connectivity index (χ0) is 10.1. The fraction of sp³-hybridized carbons (Fsp3) is 0.500. The summed E-state index contributed by atoms with van der Waals surface area (Å²) >= 11 is 0. The second kappa shape index (κ2) is 7.52. The minimum atomic E-state index is -0.833. The minimum Gasteiger partial charge on any atom is -0.481 e. The number of rotatable bonds is 1. The van der Waals surface area contributed by atoms with Crippen LogP contribution in [0.3, 0.4) is 0 Å². The molecule has 0 aromatic carbocycles. The first-order valence-electron chi connectivity index (χ1n) is 3.15. The Hall–Kier alpha value is -1.59. The number of carboxylic acids is 1. The van der Waals surface area contributed by atoms with Crippen molar-refractivity contribution in [1.82, 2.24) is 0 Å². The Bertz CT molecular complexity index is 170. The van der Waals surface area contributed by atoms with Crippen LogP contribution in [-0.2, 0) is 4.79 Å². The molecule has 0 aliphatic heterocycles. The molecular formula is C6H14N4O2. The SMILES string of the molecule is CC(=O)O.CC(C)=NN=C(N)N. The van der Waals surface area contributed by atoms with E-state index in [2.05, 4.69) is 10.2 Å². The Labute approximate surface area is 71.0 Å². The van der Waals surface area contributed by atoms with E-state index in [4.69, 9.17) is 21.4 Å². The Morgan fingerprint density at radius 3 is 1.58 bits per heavy atom. The zero-order valence-electron chi connectivity index (χ0n) is 7.40. The molecule has 0 aromatic rings. The van der Waals surface area contributed by atoms with Crippen LogP contribution in [0.4, 0.5) is 0 Å². The quantitative estimate of drug-likeness (QED) is 0.289. The van der Waals surface area contributed by atoms with E-state index in [-0.39, 0.29) is 5.96 Å². The maximum Gasteiger partial charge on any atom is 0.300 e. The van der Waals surface area contributed by atoms with Crippen molar-refractivity contribution in [2.45, 2.75) is 20.8 Å². The number of aliphatic carboxylic acids is 1. The molecule has 5 N–H and O–H groups in total. The van der Waals surface area contributed by atoms with Gasteiger partial charge in [-0.05, 0) is 13.8 Å². The molecule has 0 atom stereocenters. The molecule has 6 nitrogen and oxygen atoms in total. The van der Waals surface area contributed by atoms with E-state index < -0.39 is 5.97 Å². The number of hydrogen-bond donors (Lipinski definition) is 3. The normalized spacial score (nSPS) is 7.25. The van der Waals surface area contributed by atoms with Gasteiger partial charge in [0.2, 0.25) is 5.96 Å². The van der Waals surface area contributed by atoms with Crippen molar-refractivity contribution < 1.29 is 9.90 Å². The van der Waals surface area contributed by atoms with Gasteiger partial charge in [0.05, 0.1) is 0 Å². The molecule has 0 saturated carbocycles. The highest BCUT2D eigenvalue weighted by Gasteiger charge is 1.74. The number of carboxylic acid groups (broad SMARTS) is 1. The minimum absolute atomic E-state index is 0.00815. The van der Waals surface area contributed by atoms with Gasteiger partial charge in [-0.2, -0.15) is 5.10 Å². The van der Waals surface area contributed by atoms with Crippen molar-refractivity contribution in [3.05, 3.63) is 0 Å². The van der Waals surface area contributed by atoms with Crippen LogP contribution in [0.25, 0.3) is 0 Å². The first-order chi connectivity index (χ1) is 5.36. The molecule has 12 heavy (non-hydrogen) atoms. The lowest BCUT2D eigenvalue weighted by Crippen LogP contribution is -2.21. The van der Waals surface area contributed by atoms with Gasteiger partial charge in [0.15, 0.2) is 0 Å². The van der Waals surface area contributed by atoms with Crippen LogP contribution >= 0.6 is 0 Å². The lowest BCUT2D eigenvalue weighted by molar-refractivity contribution is -0.134. The summed E-state index contributed by atoms with van der Waals surface area (Å²) < 4.78 is 0. The summed E-state index contributed by atoms with van der Waals surface area (Å²) in [6, 6.07) is 0. The van der Waals surface area contributed by atoms with E-state index in [1.807, 2.05) is 13.8 Å². The molecule has 70 valence electrons. The van der Waals surface area contributed by atoms with Crippen LogP contribution in [0, 0.1) is 0 Å². The number of carbonyl (C=O) groups is 1. The largest absolute Gasteiger partial charge is 0.481 e. The zero-order valence-corrected chi connectivity index (χ0v) is 7.40. The second-order valence-electron chi connectivity index (χ2n) is 2.09. The molecule has 0 fully saturated rings. The molecule has 0 spiro atoms. The maximum absolute atomic E-state index is 9.00. The lowest BCUT2D eigenvalue weighted by Gasteiger charge is -1.83. The molecule has 0 amide bonds. The van der Waals surface area contributed by atoms with Gasteiger partial charge >= 0.3 is 0 Å². The summed E-state index contributed by atoms with van der Waals surface area (Å²) in [5.41, 5.74) is 10.8. The number of nitrogens with two attached hydrogens (primary N) is 2. The van der Waals surface area contributed by atoms with Crippen LogP contribution in [0.15, 0.2) is 10.2 Å². The van der Waals surface area contributed by atoms with Crippen molar-refractivity contribution >= 4 is 17.6 Å². The van der Waals surface area contributed by atoms with Gasteiger partial charge < -0.3 is 16.6 Å². The third-order valence-corrected chi connectivity index (χ3v) is 0.365. The smallest absolute Gasteiger partial charge is 0.300 e. The standard InChI is InChI=1S/C4H10N4.C2H4O2/c1-3(2)7-8-4(5)6;1-2(3)4/h1-2H3,(H4,5,6,8);1H3,(H,3,4). The molecule has 0 heterocycles. The first kappa shape index (κ1) is 13.0. The number of guanidine groups is 1. The third-order valence-electron chi connectivity index (χ3n) is 0.365. The second-order valence-corrected chi connectivity index (χ2v) is 2.09. The summed E-state index contributed by atoms with van der Waals surface area (Å²) in [5, 5.41) is 14.4. The summed E-state index contributed by atoms with van der Waals surface area (Å²) in [5.74, 6) is -0.841. The van der Waals surface area contributed by atoms with E-state index >= 15 is 0 Å². The average molecular weight is 174 g/mol. The van der Waals surface area contributed by atoms with Gasteiger partial charge in [-0.25, -0.2) is 0 Å². The Morgan fingerprint density at radius 2 is 1.50 bits per heavy atom. The van der Waals surface area contributed by atoms with Gasteiger partial charge in [0.1, 0.15) is 0 Å². The Morgan fingerprint density at radius 1 is 1.17 bits per heavy atom. The van der Waals surface area contributed by atoms with E-state index in [1.165, 1.54) is 0 Å². The average Bonchev–Trinajstić information content (AvgIpc) is 1.82. The van der Waals surface area contributed by atoms with E-state index in [1.54, 1.807) is 0 Å². The van der Waals surface area contributed by atoms with E-state index in [0.717, 1.165) is 12.6 Å². The van der Waals surface area contributed by atoms with Crippen LogP contribution < -0.4 is 11.5 Å². The van der Waals surface area contributed by atoms with Crippen LogP contribution in [-0.4, -0.2) is 22.7 Å². The highest BCUT2D eigenvalue weighted by Crippen LogP contribution is 1.73. The number of nitrogens with zero attached hydrogens (tertiary/aromatic N) is 2. The van der Waals surface area contributed by atoms with Crippen LogP contribution in [0.5, 0.6) is 0 Å². The van der Waals surface area contributed by atoms with Gasteiger partial charge in [-0.3, -0.25) is 4.79 Å². The van der Waals surface area contributed by atoms with E-state index in [9.17, 15) is 0 Å². The molecule has 0 radical (unpaired) electrons. The van der Waals surface area contributed by atoms with Gasteiger partial charge in [-0.15, -0.1) is 5.10 Å². The molecule has 0 aromatic heterocycles. The fourth-order valence-electron chi connectivity index (χ4n) is 0.158. The summed E-state index contributed by atoms with van der Waals surface area (Å²) in [4.78, 5) is 9.00. The maximum atomic E-state index is 9.00. The molecule has 0 aliphatic rings. The first-order valence-corrected chi connectivity index (χ1v) is 3.15. The molecule has 0 bridgehead atoms. The third kappa shape index (κ3) is 39.7. The predicted octanol–water partition coefficient (Wildman–Crippen LogP) is -0.253. The Kier molecular flexibility index (Phi) is 8.16. The van der Waals surface area contributed by atoms with Crippen LogP contribution in [0.1, 0.15) is 20.8 Å². The molecule has 0 aliphatic carbocycles. The highest BCUT2D eigenvalue weighted by molar-refractivity contribution is 5.81.